The first kappa shape index (κ1) is 11.9. The van der Waals surface area contributed by atoms with Crippen molar-refractivity contribution in [2.24, 2.45) is 0 Å². The molecule has 0 atom stereocenters. The Morgan fingerprint density at radius 3 is 2.68 bits per heavy atom. The largest absolute Gasteiger partial charge is 0.383 e. The number of nitrogens with zero attached hydrogens (tertiary/aromatic N) is 4. The molecule has 3 rings (SSSR count). The van der Waals surface area contributed by atoms with Crippen LogP contribution in [-0.2, 0) is 6.54 Å². The number of nitrogen functional groups attached to an aromatic ring is 1. The number of hydrogen-bond acceptors (Lipinski definition) is 7. The highest BCUT2D eigenvalue weighted by Gasteiger charge is 2.27. The summed E-state index contributed by atoms with van der Waals surface area (Å²) in [6.45, 7) is 4.11. The van der Waals surface area contributed by atoms with Crippen LogP contribution in [0.15, 0.2) is 4.52 Å². The molecule has 0 saturated heterocycles. The fraction of sp³-hybridized carbons (Fsp3) is 0.500. The molecule has 7 nitrogen and oxygen atoms in total. The van der Waals surface area contributed by atoms with Crippen LogP contribution in [0.1, 0.15) is 41.9 Å². The average Bonchev–Trinajstić information content (AvgIpc) is 3.15. The highest BCUT2D eigenvalue weighted by atomic mass is 16.5. The van der Waals surface area contributed by atoms with Crippen LogP contribution in [0.5, 0.6) is 0 Å². The molecule has 7 heteroatoms. The zero-order valence-corrected chi connectivity index (χ0v) is 11.0. The summed E-state index contributed by atoms with van der Waals surface area (Å²) in [6.07, 6.45) is 2.29. The Kier molecular flexibility index (Phi) is 2.81. The van der Waals surface area contributed by atoms with E-state index in [0.717, 1.165) is 30.0 Å². The molecule has 0 aliphatic heterocycles. The standard InChI is InChI=1S/C12H16N6O/c1-6-10(13)16-12(8-3-4-8)17-11(6)14-5-9-15-7(2)18-19-9/h8H,3-5H2,1-2H3,(H3,13,14,16,17). The Labute approximate surface area is 110 Å². The van der Waals surface area contributed by atoms with E-state index in [9.17, 15) is 0 Å². The number of anilines is 2. The molecule has 2 heterocycles. The molecular formula is C12H16N6O. The van der Waals surface area contributed by atoms with Gasteiger partial charge in [0.25, 0.3) is 0 Å². The number of nitrogens with two attached hydrogens (primary N) is 1. The Hall–Kier alpha value is -2.18. The molecule has 0 bridgehead atoms. The van der Waals surface area contributed by atoms with Gasteiger partial charge in [-0.15, -0.1) is 0 Å². The molecule has 100 valence electrons. The molecule has 0 unspecified atom stereocenters. The maximum atomic E-state index is 5.92. The van der Waals surface area contributed by atoms with E-state index in [1.54, 1.807) is 6.92 Å². The van der Waals surface area contributed by atoms with Crippen molar-refractivity contribution in [1.82, 2.24) is 20.1 Å². The summed E-state index contributed by atoms with van der Waals surface area (Å²) in [5.74, 6) is 3.71. The van der Waals surface area contributed by atoms with Crippen LogP contribution in [0.4, 0.5) is 11.6 Å². The van der Waals surface area contributed by atoms with Gasteiger partial charge in [-0.3, -0.25) is 0 Å². The van der Waals surface area contributed by atoms with E-state index in [4.69, 9.17) is 10.3 Å². The summed E-state index contributed by atoms with van der Waals surface area (Å²) in [5, 5.41) is 6.92. The summed E-state index contributed by atoms with van der Waals surface area (Å²) in [7, 11) is 0. The van der Waals surface area contributed by atoms with Crippen LogP contribution in [0.2, 0.25) is 0 Å². The number of nitrogens with one attached hydrogen (secondary N) is 1. The minimum atomic E-state index is 0.433. The van der Waals surface area contributed by atoms with Gasteiger partial charge < -0.3 is 15.6 Å². The van der Waals surface area contributed by atoms with Gasteiger partial charge in [0.2, 0.25) is 5.89 Å². The smallest absolute Gasteiger partial charge is 0.245 e. The van der Waals surface area contributed by atoms with Gasteiger partial charge in [0.05, 0.1) is 6.54 Å². The zero-order chi connectivity index (χ0) is 13.4. The van der Waals surface area contributed by atoms with E-state index in [-0.39, 0.29) is 0 Å². The molecule has 1 aliphatic carbocycles. The minimum absolute atomic E-state index is 0.433. The van der Waals surface area contributed by atoms with Crippen LogP contribution in [-0.4, -0.2) is 20.1 Å². The fourth-order valence-electron chi connectivity index (χ4n) is 1.82. The van der Waals surface area contributed by atoms with Crippen molar-refractivity contribution in [3.05, 3.63) is 23.1 Å². The van der Waals surface area contributed by atoms with E-state index in [1.807, 2.05) is 6.92 Å². The van der Waals surface area contributed by atoms with Gasteiger partial charge in [-0.2, -0.15) is 4.98 Å². The molecule has 2 aromatic rings. The second-order valence-electron chi connectivity index (χ2n) is 4.80. The third-order valence-corrected chi connectivity index (χ3v) is 3.12. The molecule has 0 spiro atoms. The average molecular weight is 260 g/mol. The Morgan fingerprint density at radius 1 is 1.26 bits per heavy atom. The van der Waals surface area contributed by atoms with Gasteiger partial charge in [0.15, 0.2) is 5.82 Å². The van der Waals surface area contributed by atoms with Crippen molar-refractivity contribution in [3.8, 4) is 0 Å². The van der Waals surface area contributed by atoms with E-state index >= 15 is 0 Å². The summed E-state index contributed by atoms with van der Waals surface area (Å²) in [6, 6.07) is 0. The molecule has 0 amide bonds. The number of aryl methyl sites for hydroxylation is 1. The summed E-state index contributed by atoms with van der Waals surface area (Å²) < 4.78 is 5.05. The van der Waals surface area contributed by atoms with E-state index in [1.165, 1.54) is 0 Å². The summed E-state index contributed by atoms with van der Waals surface area (Å²) in [5.41, 5.74) is 6.77. The first-order valence-corrected chi connectivity index (χ1v) is 6.30. The highest BCUT2D eigenvalue weighted by Crippen LogP contribution is 2.39. The van der Waals surface area contributed by atoms with E-state index in [0.29, 0.717) is 30.0 Å². The van der Waals surface area contributed by atoms with Crippen LogP contribution >= 0.6 is 0 Å². The molecule has 19 heavy (non-hydrogen) atoms. The predicted octanol–water partition coefficient (Wildman–Crippen LogP) is 1.55. The lowest BCUT2D eigenvalue weighted by Gasteiger charge is -2.10. The second-order valence-corrected chi connectivity index (χ2v) is 4.80. The van der Waals surface area contributed by atoms with Gasteiger partial charge in [0, 0.05) is 11.5 Å². The molecule has 0 aromatic carbocycles. The number of rotatable bonds is 4. The maximum absolute atomic E-state index is 5.92. The van der Waals surface area contributed by atoms with Gasteiger partial charge in [-0.05, 0) is 26.7 Å². The predicted molar refractivity (Wildman–Crippen MR) is 69.5 cm³/mol. The third-order valence-electron chi connectivity index (χ3n) is 3.12. The van der Waals surface area contributed by atoms with E-state index < -0.39 is 0 Å². The monoisotopic (exact) mass is 260 g/mol. The van der Waals surface area contributed by atoms with Crippen molar-refractivity contribution in [1.29, 1.82) is 0 Å². The van der Waals surface area contributed by atoms with Crippen molar-refractivity contribution in [2.75, 3.05) is 11.1 Å². The van der Waals surface area contributed by atoms with Crippen molar-refractivity contribution < 1.29 is 4.52 Å². The molecule has 1 aliphatic rings. The minimum Gasteiger partial charge on any atom is -0.383 e. The van der Waals surface area contributed by atoms with Gasteiger partial charge in [-0.25, -0.2) is 9.97 Å². The topological polar surface area (TPSA) is 103 Å². The van der Waals surface area contributed by atoms with Crippen molar-refractivity contribution in [3.63, 3.8) is 0 Å². The normalized spacial score (nSPS) is 14.6. The lowest BCUT2D eigenvalue weighted by molar-refractivity contribution is 0.379. The Morgan fingerprint density at radius 2 is 2.05 bits per heavy atom. The highest BCUT2D eigenvalue weighted by molar-refractivity contribution is 5.55. The van der Waals surface area contributed by atoms with Crippen molar-refractivity contribution in [2.45, 2.75) is 39.2 Å². The third kappa shape index (κ3) is 2.49. The van der Waals surface area contributed by atoms with Crippen LogP contribution in [0.3, 0.4) is 0 Å². The summed E-state index contributed by atoms with van der Waals surface area (Å²) >= 11 is 0. The van der Waals surface area contributed by atoms with E-state index in [2.05, 4.69) is 25.4 Å². The zero-order valence-electron chi connectivity index (χ0n) is 11.0. The molecule has 0 radical (unpaired) electrons. The van der Waals surface area contributed by atoms with Gasteiger partial charge >= 0.3 is 0 Å². The van der Waals surface area contributed by atoms with Crippen LogP contribution < -0.4 is 11.1 Å². The molecule has 1 saturated carbocycles. The fourth-order valence-corrected chi connectivity index (χ4v) is 1.82. The first-order valence-electron chi connectivity index (χ1n) is 6.30. The lowest BCUT2D eigenvalue weighted by atomic mass is 10.3. The SMILES string of the molecule is Cc1noc(CNc2nc(C3CC3)nc(N)c2C)n1. The Balaban J connectivity index is 1.79. The van der Waals surface area contributed by atoms with Crippen molar-refractivity contribution >= 4 is 11.6 Å². The molecule has 1 fully saturated rings. The van der Waals surface area contributed by atoms with Gasteiger partial charge in [-0.1, -0.05) is 5.16 Å². The lowest BCUT2D eigenvalue weighted by Crippen LogP contribution is -2.09. The molecule has 2 aromatic heterocycles. The summed E-state index contributed by atoms with van der Waals surface area (Å²) in [4.78, 5) is 13.0. The van der Waals surface area contributed by atoms with Crippen LogP contribution in [0, 0.1) is 13.8 Å². The molecule has 3 N–H and O–H groups in total. The number of aromatic nitrogens is 4. The van der Waals surface area contributed by atoms with Gasteiger partial charge in [0.1, 0.15) is 17.5 Å². The Bertz CT molecular complexity index is 604. The molecular weight excluding hydrogens is 244 g/mol. The number of hydrogen-bond donors (Lipinski definition) is 2. The van der Waals surface area contributed by atoms with Crippen LogP contribution in [0.25, 0.3) is 0 Å². The second kappa shape index (κ2) is 4.49. The first-order chi connectivity index (χ1) is 9.13. The quantitative estimate of drug-likeness (QED) is 0.859. The maximum Gasteiger partial charge on any atom is 0.245 e.